The molecular formula is C37H48F8N4O5. The zero-order valence-corrected chi connectivity index (χ0v) is 30.9. The predicted octanol–water partition coefficient (Wildman–Crippen LogP) is 9.05. The van der Waals surface area contributed by atoms with E-state index in [0.29, 0.717) is 49.7 Å². The summed E-state index contributed by atoms with van der Waals surface area (Å²) in [6.07, 6.45) is -4.17. The molecular weight excluding hydrogens is 732 g/mol. The summed E-state index contributed by atoms with van der Waals surface area (Å²) >= 11 is 0. The van der Waals surface area contributed by atoms with E-state index in [4.69, 9.17) is 9.47 Å². The van der Waals surface area contributed by atoms with Crippen molar-refractivity contribution in [2.45, 2.75) is 89.2 Å². The van der Waals surface area contributed by atoms with Crippen LogP contribution in [0.1, 0.15) is 63.5 Å². The molecule has 9 nitrogen and oxygen atoms in total. The molecule has 2 aliphatic rings. The topological polar surface area (TPSA) is 102 Å². The van der Waals surface area contributed by atoms with Crippen LogP contribution in [-0.4, -0.2) is 94.3 Å². The second kappa shape index (κ2) is 23.3. The number of nitrogens with one attached hydrogen (secondary N) is 1. The molecule has 2 saturated heterocycles. The molecule has 1 N–H and O–H groups in total. The van der Waals surface area contributed by atoms with Crippen molar-refractivity contribution >= 4 is 30.6 Å². The lowest BCUT2D eigenvalue weighted by molar-refractivity contribution is -0.125. The number of amides is 1. The maximum atomic E-state index is 13.6. The number of hydrogen-bond acceptors (Lipinski definition) is 6. The van der Waals surface area contributed by atoms with Gasteiger partial charge in [-0.25, -0.2) is 23.6 Å². The zero-order chi connectivity index (χ0) is 41.0. The number of alkyl carbamates (subject to hydrolysis) is 1. The van der Waals surface area contributed by atoms with Crippen LogP contribution in [0.25, 0.3) is 6.08 Å². The summed E-state index contributed by atoms with van der Waals surface area (Å²) in [5.41, 5.74) is 0.424. The fourth-order valence-electron chi connectivity index (χ4n) is 5.03. The Morgan fingerprint density at radius 2 is 1.81 bits per heavy atom. The second-order valence-electron chi connectivity index (χ2n) is 12.0. The quantitative estimate of drug-likeness (QED) is 0.0601. The highest BCUT2D eigenvalue weighted by atomic mass is 19.4. The molecule has 0 aromatic heterocycles. The first-order chi connectivity index (χ1) is 25.3. The van der Waals surface area contributed by atoms with Crippen LogP contribution in [0.5, 0.6) is 5.75 Å². The SMILES string of the molecule is C/C=N/C(=N/C=C/c1cc(CCC=O)ccc1OC)N1CCCC(F)(F)CC1.C=CC/C(=C\C(=C/CC(F)(F)F)C1OC(=O)NC1C)C(F)(F)F.COC. The highest BCUT2D eigenvalue weighted by molar-refractivity contribution is 5.88. The number of carbonyl (C=O) groups is 2. The van der Waals surface area contributed by atoms with E-state index in [1.54, 1.807) is 51.6 Å². The summed E-state index contributed by atoms with van der Waals surface area (Å²) in [4.78, 5) is 32.2. The predicted molar refractivity (Wildman–Crippen MR) is 192 cm³/mol. The molecule has 2 aliphatic heterocycles. The average molecular weight is 781 g/mol. The van der Waals surface area contributed by atoms with Gasteiger partial charge in [0.25, 0.3) is 0 Å². The Bertz CT molecular complexity index is 1500. The number of likely N-dealkylation sites (tertiary alicyclic amines) is 1. The molecule has 0 saturated carbocycles. The van der Waals surface area contributed by atoms with Gasteiger partial charge in [-0.15, -0.1) is 6.58 Å². The fourth-order valence-corrected chi connectivity index (χ4v) is 5.03. The molecule has 1 aromatic rings. The molecule has 2 fully saturated rings. The highest BCUT2D eigenvalue weighted by Gasteiger charge is 2.38. The molecule has 0 spiro atoms. The van der Waals surface area contributed by atoms with Crippen molar-refractivity contribution in [2.75, 3.05) is 34.4 Å². The Morgan fingerprint density at radius 1 is 1.13 bits per heavy atom. The lowest BCUT2D eigenvalue weighted by atomic mass is 9.98. The number of methoxy groups -OCH3 is 2. The number of aliphatic imine (C=N–C) groups is 2. The van der Waals surface area contributed by atoms with Gasteiger partial charge in [-0.1, -0.05) is 18.2 Å². The van der Waals surface area contributed by atoms with E-state index >= 15 is 0 Å². The standard InChI is InChI=1S/C21H27F2N3O2.C14H15F6NO2.C2H6O/c1-3-24-20(26-13-5-10-21(22,23)11-14-26)25-12-9-18-16-17(6-4-15-27)7-8-19(18)28-2;1-3-4-10(14(18,19)20)7-9(5-6-13(15,16)17)11-8(2)21-12(22)23-11;1-3-2/h3,7-9,12,15-16H,4-6,10-11,13-14H2,1-2H3;3,5,7-8,11H,1,4,6H2,2H3,(H,21,22);1-2H3/b12-9+,24-3+,25-20-;9-5+,10-7+;. The van der Waals surface area contributed by atoms with Crippen molar-refractivity contribution < 1.29 is 58.9 Å². The van der Waals surface area contributed by atoms with Crippen LogP contribution in [0.2, 0.25) is 0 Å². The zero-order valence-electron chi connectivity index (χ0n) is 30.9. The first-order valence-corrected chi connectivity index (χ1v) is 16.8. The van der Waals surface area contributed by atoms with Crippen molar-refractivity contribution in [3.8, 4) is 5.75 Å². The van der Waals surface area contributed by atoms with E-state index in [1.807, 2.05) is 18.2 Å². The maximum absolute atomic E-state index is 13.6. The number of hydrogen-bond donors (Lipinski definition) is 1. The monoisotopic (exact) mass is 780 g/mol. The molecule has 0 aliphatic carbocycles. The number of alkyl halides is 8. The Kier molecular flexibility index (Phi) is 20.5. The third-order valence-electron chi connectivity index (χ3n) is 7.54. The molecule has 1 aromatic carbocycles. The number of halogens is 8. The lowest BCUT2D eigenvalue weighted by Crippen LogP contribution is -2.31. The molecule has 3 rings (SSSR count). The van der Waals surface area contributed by atoms with E-state index in [9.17, 15) is 44.7 Å². The first kappa shape index (κ1) is 47.5. The molecule has 302 valence electrons. The van der Waals surface area contributed by atoms with Crippen LogP contribution in [0, 0.1) is 0 Å². The van der Waals surface area contributed by atoms with Crippen molar-refractivity contribution in [1.29, 1.82) is 0 Å². The minimum atomic E-state index is -4.73. The first-order valence-electron chi connectivity index (χ1n) is 16.8. The Labute approximate surface area is 310 Å². The Hall–Kier alpha value is -4.54. The van der Waals surface area contributed by atoms with Gasteiger partial charge in [0.2, 0.25) is 11.9 Å². The number of nitrogens with zero attached hydrogens (tertiary/aromatic N) is 3. The fraction of sp³-hybridized carbons (Fsp3) is 0.514. The number of allylic oxidation sites excluding steroid dienone is 3. The molecule has 2 heterocycles. The number of rotatable bonds is 11. The summed E-state index contributed by atoms with van der Waals surface area (Å²) in [5.74, 6) is -1.51. The smallest absolute Gasteiger partial charge is 0.413 e. The van der Waals surface area contributed by atoms with E-state index in [2.05, 4.69) is 26.6 Å². The number of guanidine groups is 1. The third-order valence-corrected chi connectivity index (χ3v) is 7.54. The second-order valence-corrected chi connectivity index (χ2v) is 12.0. The maximum Gasteiger partial charge on any atom is 0.413 e. The Balaban J connectivity index is 0.000000512. The van der Waals surface area contributed by atoms with Crippen LogP contribution < -0.4 is 10.1 Å². The molecule has 2 atom stereocenters. The van der Waals surface area contributed by atoms with Gasteiger partial charge in [0.15, 0.2) is 0 Å². The normalized spacial score (nSPS) is 19.6. The molecule has 1 amide bonds. The summed E-state index contributed by atoms with van der Waals surface area (Å²) in [7, 11) is 4.84. The van der Waals surface area contributed by atoms with Gasteiger partial charge < -0.3 is 29.2 Å². The molecule has 54 heavy (non-hydrogen) atoms. The van der Waals surface area contributed by atoms with Crippen LogP contribution in [0.3, 0.4) is 0 Å². The van der Waals surface area contributed by atoms with Crippen molar-refractivity contribution in [3.63, 3.8) is 0 Å². The molecule has 17 heteroatoms. The minimum Gasteiger partial charge on any atom is -0.496 e. The number of aryl methyl sites for hydroxylation is 1. The largest absolute Gasteiger partial charge is 0.496 e. The van der Waals surface area contributed by atoms with Gasteiger partial charge in [0.1, 0.15) is 18.1 Å². The molecule has 2 unspecified atom stereocenters. The Morgan fingerprint density at radius 3 is 2.35 bits per heavy atom. The van der Waals surface area contributed by atoms with Gasteiger partial charge in [-0.2, -0.15) is 26.3 Å². The minimum absolute atomic E-state index is 0.104. The summed E-state index contributed by atoms with van der Waals surface area (Å²) in [6.45, 7) is 7.11. The molecule has 0 bridgehead atoms. The van der Waals surface area contributed by atoms with Crippen LogP contribution in [0.15, 0.2) is 70.3 Å². The van der Waals surface area contributed by atoms with Crippen molar-refractivity contribution in [3.05, 3.63) is 71.5 Å². The average Bonchev–Trinajstić information content (AvgIpc) is 3.31. The summed E-state index contributed by atoms with van der Waals surface area (Å²) < 4.78 is 117. The summed E-state index contributed by atoms with van der Waals surface area (Å²) in [6, 6.07) is 4.97. The lowest BCUT2D eigenvalue weighted by Gasteiger charge is -2.21. The number of cyclic esters (lactones) is 1. The number of carbonyl (C=O) groups excluding carboxylic acids is 2. The van der Waals surface area contributed by atoms with E-state index in [0.717, 1.165) is 23.5 Å². The molecule has 0 radical (unpaired) electrons. The van der Waals surface area contributed by atoms with E-state index in [1.165, 1.54) is 6.92 Å². The number of benzene rings is 1. The van der Waals surface area contributed by atoms with Gasteiger partial charge in [0.05, 0.1) is 19.6 Å². The van der Waals surface area contributed by atoms with Gasteiger partial charge in [0, 0.05) is 70.1 Å². The van der Waals surface area contributed by atoms with Crippen LogP contribution >= 0.6 is 0 Å². The van der Waals surface area contributed by atoms with Gasteiger partial charge >= 0.3 is 18.4 Å². The number of ether oxygens (including phenoxy) is 3. The summed E-state index contributed by atoms with van der Waals surface area (Å²) in [5, 5.41) is 2.27. The number of aldehydes is 1. The van der Waals surface area contributed by atoms with Crippen molar-refractivity contribution in [2.24, 2.45) is 9.98 Å². The van der Waals surface area contributed by atoms with Crippen molar-refractivity contribution in [1.82, 2.24) is 10.2 Å². The van der Waals surface area contributed by atoms with Crippen LogP contribution in [0.4, 0.5) is 39.9 Å². The van der Waals surface area contributed by atoms with Gasteiger partial charge in [-0.3, -0.25) is 0 Å². The van der Waals surface area contributed by atoms with Crippen LogP contribution in [-0.2, 0) is 20.7 Å². The van der Waals surface area contributed by atoms with E-state index in [-0.39, 0.29) is 25.0 Å². The van der Waals surface area contributed by atoms with E-state index < -0.39 is 54.9 Å². The third kappa shape index (κ3) is 18.0. The van der Waals surface area contributed by atoms with Gasteiger partial charge in [-0.05, 0) is 68.5 Å². The highest BCUT2D eigenvalue weighted by Crippen LogP contribution is 2.33.